The second kappa shape index (κ2) is 6.61. The van der Waals surface area contributed by atoms with E-state index in [-0.39, 0.29) is 0 Å². The largest absolute Gasteiger partial charge is 0.312 e. The van der Waals surface area contributed by atoms with Gasteiger partial charge in [-0.1, -0.05) is 33.6 Å². The second-order valence-corrected chi connectivity index (χ2v) is 6.07. The Morgan fingerprint density at radius 1 is 1.25 bits per heavy atom. The average molecular weight is 297 g/mol. The maximum absolute atomic E-state index is 6.06. The Bertz CT molecular complexity index is 568. The summed E-state index contributed by atoms with van der Waals surface area (Å²) in [7, 11) is 1.99. The van der Waals surface area contributed by atoms with Crippen molar-refractivity contribution in [1.82, 2.24) is 19.3 Å². The van der Waals surface area contributed by atoms with Crippen LogP contribution in [0.25, 0.3) is 11.2 Å². The minimum absolute atomic E-state index is 0.460. The molecule has 0 radical (unpaired) electrons. The highest BCUT2D eigenvalue weighted by Crippen LogP contribution is 2.22. The third kappa shape index (κ3) is 3.00. The molecule has 2 aromatic rings. The van der Waals surface area contributed by atoms with Crippen molar-refractivity contribution in [2.24, 2.45) is 13.0 Å². The van der Waals surface area contributed by atoms with Crippen LogP contribution in [-0.2, 0) is 25.9 Å². The molecule has 20 heavy (non-hydrogen) atoms. The molecule has 0 saturated carbocycles. The molecule has 0 aliphatic heterocycles. The molecular weight excluding hydrogens is 272 g/mol. The number of rotatable bonds is 7. The van der Waals surface area contributed by atoms with Crippen molar-refractivity contribution in [1.29, 1.82) is 0 Å². The van der Waals surface area contributed by atoms with E-state index in [0.29, 0.717) is 5.88 Å². The molecule has 4 nitrogen and oxygen atoms in total. The molecule has 112 valence electrons. The normalized spacial score (nSPS) is 11.9. The highest BCUT2D eigenvalue weighted by molar-refractivity contribution is 6.16. The predicted octanol–water partition coefficient (Wildman–Crippen LogP) is 3.90. The van der Waals surface area contributed by atoms with E-state index in [1.54, 1.807) is 0 Å². The zero-order chi connectivity index (χ0) is 14.7. The lowest BCUT2D eigenvalue weighted by atomic mass is 10.1. The molecule has 0 fully saturated rings. The van der Waals surface area contributed by atoms with Gasteiger partial charge in [0.1, 0.15) is 11.3 Å². The topological polar surface area (TPSA) is 35.6 Å². The van der Waals surface area contributed by atoms with Gasteiger partial charge in [-0.25, -0.2) is 4.98 Å². The molecule has 5 heteroatoms. The van der Waals surface area contributed by atoms with Crippen LogP contribution in [0, 0.1) is 5.92 Å². The predicted molar refractivity (Wildman–Crippen MR) is 84.1 cm³/mol. The molecule has 0 saturated heterocycles. The summed E-state index contributed by atoms with van der Waals surface area (Å²) in [5.74, 6) is 2.20. The Morgan fingerprint density at radius 2 is 2.00 bits per heavy atom. The summed E-state index contributed by atoms with van der Waals surface area (Å²) in [5.41, 5.74) is 3.20. The van der Waals surface area contributed by atoms with Crippen LogP contribution in [0.2, 0.25) is 0 Å². The summed E-state index contributed by atoms with van der Waals surface area (Å²) < 4.78 is 4.19. The summed E-state index contributed by atoms with van der Waals surface area (Å²) in [4.78, 5) is 4.68. The first-order valence-electron chi connectivity index (χ1n) is 7.55. The van der Waals surface area contributed by atoms with Crippen LogP contribution in [0.5, 0.6) is 0 Å². The van der Waals surface area contributed by atoms with E-state index >= 15 is 0 Å². The second-order valence-electron chi connectivity index (χ2n) is 5.80. The van der Waals surface area contributed by atoms with E-state index in [0.717, 1.165) is 41.6 Å². The Balaban J connectivity index is 2.24. The SMILES string of the molecule is CCc1nn(C)c2c1nc(CCl)n2CCCCC(C)C. The molecule has 0 aliphatic rings. The van der Waals surface area contributed by atoms with Gasteiger partial charge in [-0.3, -0.25) is 4.68 Å². The molecule has 0 unspecified atom stereocenters. The van der Waals surface area contributed by atoms with Gasteiger partial charge in [0.05, 0.1) is 11.6 Å². The van der Waals surface area contributed by atoms with Crippen molar-refractivity contribution < 1.29 is 0 Å². The fraction of sp³-hybridized carbons (Fsp3) is 0.733. The monoisotopic (exact) mass is 296 g/mol. The van der Waals surface area contributed by atoms with Gasteiger partial charge in [0.2, 0.25) is 0 Å². The van der Waals surface area contributed by atoms with E-state index in [1.165, 1.54) is 19.3 Å². The third-order valence-corrected chi connectivity index (χ3v) is 3.98. The first-order valence-corrected chi connectivity index (χ1v) is 8.08. The maximum atomic E-state index is 6.06. The Morgan fingerprint density at radius 3 is 2.60 bits per heavy atom. The number of hydrogen-bond acceptors (Lipinski definition) is 2. The van der Waals surface area contributed by atoms with Gasteiger partial charge >= 0.3 is 0 Å². The van der Waals surface area contributed by atoms with E-state index in [1.807, 2.05) is 11.7 Å². The molecule has 2 heterocycles. The smallest absolute Gasteiger partial charge is 0.158 e. The maximum Gasteiger partial charge on any atom is 0.158 e. The van der Waals surface area contributed by atoms with Gasteiger partial charge in [-0.05, 0) is 18.8 Å². The summed E-state index contributed by atoms with van der Waals surface area (Å²) in [6.07, 6.45) is 4.60. The van der Waals surface area contributed by atoms with Crippen LogP contribution >= 0.6 is 11.6 Å². The number of alkyl halides is 1. The summed E-state index contributed by atoms with van der Waals surface area (Å²) >= 11 is 6.06. The lowest BCUT2D eigenvalue weighted by Gasteiger charge is -2.09. The van der Waals surface area contributed by atoms with E-state index < -0.39 is 0 Å². The molecule has 0 aromatic carbocycles. The molecule has 0 bridgehead atoms. The fourth-order valence-electron chi connectivity index (χ4n) is 2.68. The van der Waals surface area contributed by atoms with Crippen molar-refractivity contribution in [3.05, 3.63) is 11.5 Å². The standard InChI is InChI=1S/C15H25ClN4/c1-5-12-14-15(19(4)18-12)20(13(10-16)17-14)9-7-6-8-11(2)3/h11H,5-10H2,1-4H3. The zero-order valence-corrected chi connectivity index (χ0v) is 13.7. The number of fused-ring (bicyclic) bond motifs is 1. The minimum Gasteiger partial charge on any atom is -0.312 e. The van der Waals surface area contributed by atoms with Crippen LogP contribution in [0.3, 0.4) is 0 Å². The average Bonchev–Trinajstić information content (AvgIpc) is 2.92. The number of hydrogen-bond donors (Lipinski definition) is 0. The van der Waals surface area contributed by atoms with Gasteiger partial charge in [0.25, 0.3) is 0 Å². The van der Waals surface area contributed by atoms with Gasteiger partial charge in [0.15, 0.2) is 5.65 Å². The molecule has 2 aromatic heterocycles. The van der Waals surface area contributed by atoms with Crippen LogP contribution < -0.4 is 0 Å². The van der Waals surface area contributed by atoms with E-state index in [4.69, 9.17) is 11.6 Å². The molecule has 0 spiro atoms. The van der Waals surface area contributed by atoms with Crippen LogP contribution in [0.4, 0.5) is 0 Å². The van der Waals surface area contributed by atoms with E-state index in [9.17, 15) is 0 Å². The molecule has 0 aliphatic carbocycles. The lowest BCUT2D eigenvalue weighted by Crippen LogP contribution is -2.07. The van der Waals surface area contributed by atoms with Crippen molar-refractivity contribution in [3.63, 3.8) is 0 Å². The Labute approximate surface area is 126 Å². The van der Waals surface area contributed by atoms with Crippen molar-refractivity contribution in [2.45, 2.75) is 58.9 Å². The van der Waals surface area contributed by atoms with Crippen LogP contribution in [-0.4, -0.2) is 19.3 Å². The van der Waals surface area contributed by atoms with Gasteiger partial charge in [0, 0.05) is 13.6 Å². The highest BCUT2D eigenvalue weighted by atomic mass is 35.5. The summed E-state index contributed by atoms with van der Waals surface area (Å²) in [6.45, 7) is 7.64. The van der Waals surface area contributed by atoms with Crippen molar-refractivity contribution >= 4 is 22.8 Å². The summed E-state index contributed by atoms with van der Waals surface area (Å²) in [5, 5.41) is 4.55. The molecule has 0 atom stereocenters. The highest BCUT2D eigenvalue weighted by Gasteiger charge is 2.17. The quantitative estimate of drug-likeness (QED) is 0.574. The molecule has 2 rings (SSSR count). The number of imidazole rings is 1. The number of unbranched alkanes of at least 4 members (excludes halogenated alkanes) is 1. The van der Waals surface area contributed by atoms with E-state index in [2.05, 4.69) is 35.4 Å². The zero-order valence-electron chi connectivity index (χ0n) is 13.0. The van der Waals surface area contributed by atoms with Crippen LogP contribution in [0.1, 0.15) is 51.6 Å². The molecule has 0 amide bonds. The number of halogens is 1. The first-order chi connectivity index (χ1) is 9.58. The summed E-state index contributed by atoms with van der Waals surface area (Å²) in [6, 6.07) is 0. The Kier molecular flexibility index (Phi) is 5.08. The number of nitrogens with zero attached hydrogens (tertiary/aromatic N) is 4. The lowest BCUT2D eigenvalue weighted by molar-refractivity contribution is 0.506. The van der Waals surface area contributed by atoms with Gasteiger partial charge in [-0.2, -0.15) is 5.10 Å². The number of aryl methyl sites for hydroxylation is 3. The van der Waals surface area contributed by atoms with Crippen molar-refractivity contribution in [3.8, 4) is 0 Å². The number of aromatic nitrogens is 4. The Hall–Kier alpha value is -1.03. The molecular formula is C15H25ClN4. The third-order valence-electron chi connectivity index (χ3n) is 3.74. The van der Waals surface area contributed by atoms with Gasteiger partial charge < -0.3 is 4.57 Å². The van der Waals surface area contributed by atoms with Crippen molar-refractivity contribution in [2.75, 3.05) is 0 Å². The minimum atomic E-state index is 0.460. The van der Waals surface area contributed by atoms with Gasteiger partial charge in [-0.15, -0.1) is 11.6 Å². The van der Waals surface area contributed by atoms with Crippen LogP contribution in [0.15, 0.2) is 0 Å². The molecule has 0 N–H and O–H groups in total. The fourth-order valence-corrected chi connectivity index (χ4v) is 2.89. The first kappa shape index (κ1) is 15.4.